The summed E-state index contributed by atoms with van der Waals surface area (Å²) in [6, 6.07) is 10.4. The molecule has 2 atom stereocenters. The summed E-state index contributed by atoms with van der Waals surface area (Å²) >= 11 is 7.45. The van der Waals surface area contributed by atoms with E-state index in [1.54, 1.807) is 6.92 Å². The molecule has 2 unspecified atom stereocenters. The lowest BCUT2D eigenvalue weighted by molar-refractivity contribution is -0.192. The van der Waals surface area contributed by atoms with E-state index in [1.165, 1.54) is 10.9 Å². The van der Waals surface area contributed by atoms with Crippen LogP contribution in [0.25, 0.3) is 5.57 Å². The van der Waals surface area contributed by atoms with Crippen molar-refractivity contribution in [3.8, 4) is 0 Å². The van der Waals surface area contributed by atoms with Crippen molar-refractivity contribution in [1.29, 1.82) is 0 Å². The molecule has 1 aromatic carbocycles. The molecule has 10 nitrogen and oxygen atoms in total. The predicted octanol–water partition coefficient (Wildman–Crippen LogP) is 5.59. The van der Waals surface area contributed by atoms with Crippen molar-refractivity contribution in [2.75, 3.05) is 59.1 Å². The number of carbonyl (C=O) groups is 2. The van der Waals surface area contributed by atoms with Gasteiger partial charge in [-0.15, -0.1) is 0 Å². The number of halogens is 6. The highest BCUT2D eigenvalue weighted by Gasteiger charge is 2.42. The fraction of sp³-hybridized carbons (Fsp3) is 0.545. The first-order valence-electron chi connectivity index (χ1n) is 16.1. The molecular formula is C33H39ClF5N5O5. The Balaban J connectivity index is 0.000000606. The lowest BCUT2D eigenvalue weighted by Gasteiger charge is -2.49. The Morgan fingerprint density at radius 1 is 1.10 bits per heavy atom. The van der Waals surface area contributed by atoms with E-state index in [4.69, 9.17) is 31.0 Å². The summed E-state index contributed by atoms with van der Waals surface area (Å²) < 4.78 is 72.1. The number of piperidine rings is 1. The number of hydrogen-bond acceptors (Lipinski definition) is 8. The van der Waals surface area contributed by atoms with Gasteiger partial charge in [0.1, 0.15) is 16.3 Å². The summed E-state index contributed by atoms with van der Waals surface area (Å²) in [5.74, 6) is -3.53. The fourth-order valence-electron chi connectivity index (χ4n) is 6.61. The molecule has 0 saturated carbocycles. The van der Waals surface area contributed by atoms with E-state index in [0.29, 0.717) is 25.4 Å². The molecule has 16 heteroatoms. The van der Waals surface area contributed by atoms with Crippen LogP contribution in [-0.4, -0.2) is 118 Å². The molecule has 4 aliphatic rings. The number of carboxylic acids is 1. The number of rotatable bonds is 8. The Kier molecular flexibility index (Phi) is 11.7. The third kappa shape index (κ3) is 8.44. The molecule has 1 aliphatic carbocycles. The minimum absolute atomic E-state index is 0.109. The summed E-state index contributed by atoms with van der Waals surface area (Å²) in [5, 5.41) is 11.4. The lowest BCUT2D eigenvalue weighted by Crippen LogP contribution is -2.60. The molecule has 0 bridgehead atoms. The quantitative estimate of drug-likeness (QED) is 0.162. The van der Waals surface area contributed by atoms with Crippen LogP contribution in [0.4, 0.5) is 22.0 Å². The molecule has 1 aromatic heterocycles. The topological polar surface area (TPSA) is 100 Å². The molecule has 49 heavy (non-hydrogen) atoms. The average Bonchev–Trinajstić information content (AvgIpc) is 3.51. The van der Waals surface area contributed by atoms with E-state index in [1.807, 2.05) is 18.2 Å². The van der Waals surface area contributed by atoms with Gasteiger partial charge >= 0.3 is 18.1 Å². The van der Waals surface area contributed by atoms with E-state index in [2.05, 4.69) is 44.1 Å². The Bertz CT molecular complexity index is 1530. The molecule has 2 aromatic rings. The number of piperazine rings is 1. The van der Waals surface area contributed by atoms with Gasteiger partial charge in [-0.2, -0.15) is 18.3 Å². The Morgan fingerprint density at radius 2 is 1.78 bits per heavy atom. The van der Waals surface area contributed by atoms with Gasteiger partial charge in [0, 0.05) is 57.0 Å². The number of hydrogen-bond donors (Lipinski definition) is 1. The van der Waals surface area contributed by atoms with Gasteiger partial charge in [-0.25, -0.2) is 18.4 Å². The second-order valence-electron chi connectivity index (χ2n) is 12.2. The molecule has 6 rings (SSSR count). The van der Waals surface area contributed by atoms with Gasteiger partial charge in [0.2, 0.25) is 0 Å². The second-order valence-corrected chi connectivity index (χ2v) is 12.9. The summed E-state index contributed by atoms with van der Waals surface area (Å²) in [4.78, 5) is 27.8. The van der Waals surface area contributed by atoms with E-state index in [-0.39, 0.29) is 23.9 Å². The zero-order valence-electron chi connectivity index (χ0n) is 26.9. The third-order valence-electron chi connectivity index (χ3n) is 9.20. The van der Waals surface area contributed by atoms with Crippen LogP contribution in [0.3, 0.4) is 0 Å². The smallest absolute Gasteiger partial charge is 0.475 e. The molecule has 4 heterocycles. The van der Waals surface area contributed by atoms with E-state index < -0.39 is 29.5 Å². The molecule has 3 saturated heterocycles. The van der Waals surface area contributed by atoms with E-state index >= 15 is 0 Å². The van der Waals surface area contributed by atoms with Crippen molar-refractivity contribution in [2.45, 2.75) is 55.9 Å². The van der Waals surface area contributed by atoms with Gasteiger partial charge in [-0.3, -0.25) is 14.5 Å². The maximum atomic E-state index is 14.3. The van der Waals surface area contributed by atoms with Gasteiger partial charge < -0.3 is 19.5 Å². The number of carboxylic acid groups (broad SMARTS) is 1. The minimum atomic E-state index is -5.08. The van der Waals surface area contributed by atoms with Crippen LogP contribution in [0.1, 0.15) is 60.3 Å². The third-order valence-corrected chi connectivity index (χ3v) is 9.69. The first-order valence-corrected chi connectivity index (χ1v) is 16.5. The summed E-state index contributed by atoms with van der Waals surface area (Å²) in [6.45, 7) is 8.28. The van der Waals surface area contributed by atoms with Crippen LogP contribution in [0, 0.1) is 0 Å². The maximum Gasteiger partial charge on any atom is 0.490 e. The van der Waals surface area contributed by atoms with Crippen molar-refractivity contribution >= 4 is 29.1 Å². The average molecular weight is 716 g/mol. The molecule has 0 amide bonds. The number of nitrogens with zero attached hydrogens (tertiary/aromatic N) is 5. The van der Waals surface area contributed by atoms with Crippen LogP contribution in [0.15, 0.2) is 54.4 Å². The SMILES string of the molecule is CCOC(=O)c1cnn(C2CCCN(C3=C(c4ccccc4)C=CC(Cl)(N4CCN(C5COC5)CC4)C3)C2)c1C(F)F.O=C(O)C(F)(F)F. The van der Waals surface area contributed by atoms with Crippen molar-refractivity contribution in [2.24, 2.45) is 0 Å². The van der Waals surface area contributed by atoms with Crippen molar-refractivity contribution < 1.29 is 46.1 Å². The van der Waals surface area contributed by atoms with Crippen LogP contribution in [-0.2, 0) is 14.3 Å². The van der Waals surface area contributed by atoms with E-state index in [0.717, 1.165) is 69.2 Å². The van der Waals surface area contributed by atoms with Crippen molar-refractivity contribution in [1.82, 2.24) is 24.5 Å². The summed E-state index contributed by atoms with van der Waals surface area (Å²) in [7, 11) is 0. The molecule has 3 fully saturated rings. The van der Waals surface area contributed by atoms with Crippen LogP contribution >= 0.6 is 11.6 Å². The largest absolute Gasteiger partial charge is 0.490 e. The number of aliphatic carboxylic acids is 1. The maximum absolute atomic E-state index is 14.3. The predicted molar refractivity (Wildman–Crippen MR) is 170 cm³/mol. The number of likely N-dealkylation sites (tertiary alicyclic amines) is 1. The van der Waals surface area contributed by atoms with Crippen LogP contribution < -0.4 is 0 Å². The van der Waals surface area contributed by atoms with Crippen LogP contribution in [0.2, 0.25) is 0 Å². The number of allylic oxidation sites excluding steroid dienone is 2. The molecular weight excluding hydrogens is 677 g/mol. The first-order chi connectivity index (χ1) is 23.3. The normalized spacial score (nSPS) is 24.0. The number of alkyl halides is 6. The molecule has 0 radical (unpaired) electrons. The molecule has 1 N–H and O–H groups in total. The van der Waals surface area contributed by atoms with Gasteiger partial charge in [0.25, 0.3) is 6.43 Å². The monoisotopic (exact) mass is 715 g/mol. The van der Waals surface area contributed by atoms with E-state index in [9.17, 15) is 26.7 Å². The van der Waals surface area contributed by atoms with Gasteiger partial charge in [-0.1, -0.05) is 48.0 Å². The number of carbonyl (C=O) groups excluding carboxylic acids is 1. The Hall–Kier alpha value is -3.53. The number of esters is 1. The Labute approximate surface area is 285 Å². The standard InChI is InChI=1S/C31H38ClF2N5O3.C2HF3O2/c1-2-42-30(40)26-18-35-39(28(26)29(33)34)23-9-6-12-37(19-23)27-17-31(32,11-10-25(27)22-7-4-3-5-8-22)38-15-13-36(14-16-38)24-20-41-21-24;3-2(4,5)1(6)7/h3-5,7-8,10-11,18,23-24,29H,2,6,9,12-17,19-21H2,1H3;(H,6,7). The summed E-state index contributed by atoms with van der Waals surface area (Å²) in [5.41, 5.74) is 2.76. The molecule has 0 spiro atoms. The fourth-order valence-corrected chi connectivity index (χ4v) is 6.97. The number of benzene rings is 1. The van der Waals surface area contributed by atoms with Gasteiger partial charge in [-0.05, 0) is 31.4 Å². The number of aromatic nitrogens is 2. The van der Waals surface area contributed by atoms with Gasteiger partial charge in [0.15, 0.2) is 0 Å². The van der Waals surface area contributed by atoms with Gasteiger partial charge in [0.05, 0.1) is 38.1 Å². The number of ether oxygens (including phenoxy) is 2. The lowest BCUT2D eigenvalue weighted by atomic mass is 9.90. The first kappa shape index (κ1) is 36.7. The minimum Gasteiger partial charge on any atom is -0.475 e. The Morgan fingerprint density at radius 3 is 2.35 bits per heavy atom. The molecule has 268 valence electrons. The molecule has 3 aliphatic heterocycles. The van der Waals surface area contributed by atoms with Crippen molar-refractivity contribution in [3.63, 3.8) is 0 Å². The second kappa shape index (κ2) is 15.6. The van der Waals surface area contributed by atoms with Crippen molar-refractivity contribution in [3.05, 3.63) is 71.2 Å². The summed E-state index contributed by atoms with van der Waals surface area (Å²) in [6.07, 6.45) is -0.373. The highest BCUT2D eigenvalue weighted by Crippen LogP contribution is 2.42. The zero-order chi connectivity index (χ0) is 35.3. The highest BCUT2D eigenvalue weighted by molar-refractivity contribution is 6.25. The zero-order valence-corrected chi connectivity index (χ0v) is 27.7. The highest BCUT2D eigenvalue weighted by atomic mass is 35.5. The van der Waals surface area contributed by atoms with Crippen LogP contribution in [0.5, 0.6) is 0 Å².